The maximum absolute atomic E-state index is 14.5. The normalized spacial score (nSPS) is 12.7. The molecular formula is C48H58N4O6Si. The molecule has 1 aliphatic rings. The summed E-state index contributed by atoms with van der Waals surface area (Å²) in [6, 6.07) is 35.6. The number of fused-ring (bicyclic) bond motifs is 2. The highest BCUT2D eigenvalue weighted by atomic mass is 28.4. The molecule has 1 heterocycles. The zero-order valence-electron chi connectivity index (χ0n) is 35.8. The maximum atomic E-state index is 14.5. The number of imide groups is 1. The molecule has 0 bridgehead atoms. The van der Waals surface area contributed by atoms with E-state index in [1.54, 1.807) is 23.1 Å². The Balaban J connectivity index is 1.35. The fraction of sp³-hybridized carbons (Fsp3) is 0.354. The molecule has 310 valence electrons. The molecule has 0 fully saturated rings. The van der Waals surface area contributed by atoms with Gasteiger partial charge in [0.2, 0.25) is 0 Å². The summed E-state index contributed by atoms with van der Waals surface area (Å²) in [5, 5.41) is 2.00. The molecule has 5 aromatic carbocycles. The molecule has 0 aromatic heterocycles. The first kappa shape index (κ1) is 43.3. The van der Waals surface area contributed by atoms with Gasteiger partial charge >= 0.3 is 8.80 Å². The van der Waals surface area contributed by atoms with Crippen molar-refractivity contribution in [2.75, 3.05) is 75.3 Å². The van der Waals surface area contributed by atoms with Crippen molar-refractivity contribution in [2.24, 2.45) is 0 Å². The highest BCUT2D eigenvalue weighted by Gasteiger charge is 2.40. The van der Waals surface area contributed by atoms with E-state index in [0.29, 0.717) is 30.1 Å². The van der Waals surface area contributed by atoms with Crippen molar-refractivity contribution in [3.05, 3.63) is 137 Å². The van der Waals surface area contributed by atoms with Crippen molar-refractivity contribution in [3.8, 4) is 0 Å². The van der Waals surface area contributed by atoms with E-state index in [4.69, 9.17) is 13.3 Å². The average molecular weight is 815 g/mol. The second-order valence-electron chi connectivity index (χ2n) is 14.7. The highest BCUT2D eigenvalue weighted by Crippen LogP contribution is 2.41. The lowest BCUT2D eigenvalue weighted by Gasteiger charge is -2.27. The zero-order valence-corrected chi connectivity index (χ0v) is 36.8. The lowest BCUT2D eigenvalue weighted by Crippen LogP contribution is -2.43. The van der Waals surface area contributed by atoms with E-state index in [0.717, 1.165) is 48.2 Å². The van der Waals surface area contributed by atoms with Gasteiger partial charge in [0.05, 0.1) is 16.8 Å². The van der Waals surface area contributed by atoms with Gasteiger partial charge in [0, 0.05) is 94.9 Å². The summed E-state index contributed by atoms with van der Waals surface area (Å²) >= 11 is 0. The quantitative estimate of drug-likeness (QED) is 0.0463. The lowest BCUT2D eigenvalue weighted by atomic mass is 9.82. The van der Waals surface area contributed by atoms with Crippen LogP contribution >= 0.6 is 0 Å². The topological polar surface area (TPSA) is 91.9 Å². The number of carbonyl (C=O) groups excluding carboxylic acids is 3. The molecule has 0 spiro atoms. The first-order valence-electron chi connectivity index (χ1n) is 20.8. The molecule has 59 heavy (non-hydrogen) atoms. The van der Waals surface area contributed by atoms with Crippen LogP contribution in [0.1, 0.15) is 94.7 Å². The summed E-state index contributed by atoms with van der Waals surface area (Å²) in [7, 11) is 1.73. The van der Waals surface area contributed by atoms with Crippen molar-refractivity contribution in [3.63, 3.8) is 0 Å². The second-order valence-corrected chi connectivity index (χ2v) is 17.7. The number of nitrogens with zero attached hydrogens (tertiary/aromatic N) is 4. The summed E-state index contributed by atoms with van der Waals surface area (Å²) in [5.74, 6) is -1.12. The van der Waals surface area contributed by atoms with Gasteiger partial charge < -0.3 is 28.0 Å². The molecule has 0 aliphatic carbocycles. The van der Waals surface area contributed by atoms with Crippen LogP contribution in [0.3, 0.4) is 0 Å². The minimum Gasteiger partial charge on any atom is -0.377 e. The van der Waals surface area contributed by atoms with Gasteiger partial charge in [0.1, 0.15) is 0 Å². The van der Waals surface area contributed by atoms with Crippen molar-refractivity contribution in [2.45, 2.75) is 53.0 Å². The predicted octanol–water partition coefficient (Wildman–Crippen LogP) is 9.24. The van der Waals surface area contributed by atoms with Crippen LogP contribution in [-0.4, -0.2) is 92.0 Å². The van der Waals surface area contributed by atoms with Crippen LogP contribution in [0.5, 0.6) is 0 Å². The first-order valence-corrected chi connectivity index (χ1v) is 22.7. The summed E-state index contributed by atoms with van der Waals surface area (Å²) in [6.07, 6.45) is 0.454. The third kappa shape index (κ3) is 8.56. The van der Waals surface area contributed by atoms with E-state index in [1.165, 1.54) is 48.7 Å². The standard InChI is InChI=1S/C48H58N4O6Si/c1-9-49(10-2)37-24-19-34(20-25-37)45(35-21-26-38(27-22-35)50(11-3)12-4)41-29-30-44(40-18-15-14-17-39(40)41)51(13-5)46(53)36-23-28-42-43(33-36)48(55)52(47(42)54)31-16-32-59(56-6,57-7)58-8/h14-15,17-30,33,45H,9-13,16,31-32H2,1-8H3. The second kappa shape index (κ2) is 19.2. The van der Waals surface area contributed by atoms with Crippen LogP contribution in [0.4, 0.5) is 17.1 Å². The number of carbonyl (C=O) groups is 3. The molecule has 0 N–H and O–H groups in total. The molecule has 0 saturated heterocycles. The minimum absolute atomic E-state index is 0.0725. The predicted molar refractivity (Wildman–Crippen MR) is 240 cm³/mol. The van der Waals surface area contributed by atoms with Gasteiger partial charge in [-0.2, -0.15) is 0 Å². The Hall–Kier alpha value is -5.33. The van der Waals surface area contributed by atoms with E-state index in [2.05, 4.69) is 110 Å². The number of hydrogen-bond acceptors (Lipinski definition) is 8. The maximum Gasteiger partial charge on any atom is 0.500 e. The summed E-state index contributed by atoms with van der Waals surface area (Å²) in [6.45, 7) is 15.0. The molecule has 3 amide bonds. The minimum atomic E-state index is -2.87. The molecule has 6 rings (SSSR count). The van der Waals surface area contributed by atoms with Crippen LogP contribution in [0, 0.1) is 0 Å². The molecule has 1 aliphatic heterocycles. The SMILES string of the molecule is CCN(CC)c1ccc(C(c2ccc(N(CC)CC)cc2)c2ccc(N(CC)C(=O)c3ccc4c(c3)C(=O)N(CCC[Si](OC)(OC)OC)C4=O)c3ccccc23)cc1. The third-order valence-electron chi connectivity index (χ3n) is 11.8. The lowest BCUT2D eigenvalue weighted by molar-refractivity contribution is 0.0647. The molecule has 0 unspecified atom stereocenters. The molecular weight excluding hydrogens is 757 g/mol. The molecule has 0 radical (unpaired) electrons. The van der Waals surface area contributed by atoms with E-state index < -0.39 is 14.7 Å². The zero-order chi connectivity index (χ0) is 42.3. The molecule has 0 saturated carbocycles. The Bertz CT molecular complexity index is 2190. The monoisotopic (exact) mass is 814 g/mol. The Kier molecular flexibility index (Phi) is 14.0. The van der Waals surface area contributed by atoms with Gasteiger partial charge in [-0.05, 0) is 112 Å². The van der Waals surface area contributed by atoms with Gasteiger partial charge in [-0.15, -0.1) is 0 Å². The van der Waals surface area contributed by atoms with E-state index in [9.17, 15) is 14.4 Å². The van der Waals surface area contributed by atoms with Crippen LogP contribution < -0.4 is 14.7 Å². The smallest absolute Gasteiger partial charge is 0.377 e. The van der Waals surface area contributed by atoms with Crippen molar-refractivity contribution in [1.82, 2.24) is 4.90 Å². The average Bonchev–Trinajstić information content (AvgIpc) is 3.52. The number of amides is 3. The Morgan fingerprint density at radius 1 is 0.627 bits per heavy atom. The fourth-order valence-electron chi connectivity index (χ4n) is 8.49. The van der Waals surface area contributed by atoms with E-state index in [1.807, 2.05) is 19.1 Å². The highest BCUT2D eigenvalue weighted by molar-refractivity contribution is 6.60. The Morgan fingerprint density at radius 2 is 1.15 bits per heavy atom. The number of benzene rings is 5. The molecule has 0 atom stereocenters. The van der Waals surface area contributed by atoms with Crippen LogP contribution in [0.15, 0.2) is 103 Å². The first-order chi connectivity index (χ1) is 28.6. The van der Waals surface area contributed by atoms with Crippen LogP contribution in [0.2, 0.25) is 6.04 Å². The van der Waals surface area contributed by atoms with Gasteiger partial charge in [0.15, 0.2) is 0 Å². The summed E-state index contributed by atoms with van der Waals surface area (Å²) < 4.78 is 16.5. The van der Waals surface area contributed by atoms with Crippen molar-refractivity contribution < 1.29 is 27.7 Å². The van der Waals surface area contributed by atoms with Gasteiger partial charge in [0.25, 0.3) is 17.7 Å². The fourth-order valence-corrected chi connectivity index (χ4v) is 10.2. The van der Waals surface area contributed by atoms with Gasteiger partial charge in [-0.3, -0.25) is 19.3 Å². The third-order valence-corrected chi connectivity index (χ3v) is 14.7. The largest absolute Gasteiger partial charge is 0.500 e. The van der Waals surface area contributed by atoms with E-state index in [-0.39, 0.29) is 29.8 Å². The number of hydrogen-bond donors (Lipinski definition) is 0. The van der Waals surface area contributed by atoms with Crippen molar-refractivity contribution in [1.29, 1.82) is 0 Å². The van der Waals surface area contributed by atoms with Crippen molar-refractivity contribution >= 4 is 54.4 Å². The van der Waals surface area contributed by atoms with E-state index >= 15 is 0 Å². The summed E-state index contributed by atoms with van der Waals surface area (Å²) in [5.41, 5.74) is 7.53. The Labute approximate surface area is 350 Å². The van der Waals surface area contributed by atoms with Crippen LogP contribution in [-0.2, 0) is 13.3 Å². The number of rotatable bonds is 19. The van der Waals surface area contributed by atoms with Gasteiger partial charge in [-0.25, -0.2) is 0 Å². The number of anilines is 3. The molecule has 11 heteroatoms. The molecule has 5 aromatic rings. The molecule has 10 nitrogen and oxygen atoms in total. The van der Waals surface area contributed by atoms with Crippen LogP contribution in [0.25, 0.3) is 10.8 Å². The Morgan fingerprint density at radius 3 is 1.66 bits per heavy atom. The van der Waals surface area contributed by atoms with Gasteiger partial charge in [-0.1, -0.05) is 54.6 Å². The summed E-state index contributed by atoms with van der Waals surface area (Å²) in [4.78, 5) is 49.2.